The molecule has 0 radical (unpaired) electrons. The van der Waals surface area contributed by atoms with E-state index in [-0.39, 0.29) is 30.6 Å². The van der Waals surface area contributed by atoms with Crippen molar-refractivity contribution in [3.05, 3.63) is 34.3 Å². The standard InChI is InChI=1S/C15H21BrN2O2.ClH/c1-15(2,3)20-14(19)18-9-12(17)8-13(18)10-4-6-11(16)7-5-10;/h4-7,12-13H,8-9,17H2,1-3H3;1H. The molecule has 0 bridgehead atoms. The number of hydrogen-bond acceptors (Lipinski definition) is 3. The van der Waals surface area contributed by atoms with Crippen LogP contribution >= 0.6 is 28.3 Å². The molecule has 21 heavy (non-hydrogen) atoms. The van der Waals surface area contributed by atoms with Gasteiger partial charge in [-0.25, -0.2) is 4.79 Å². The van der Waals surface area contributed by atoms with Gasteiger partial charge in [0.15, 0.2) is 0 Å². The number of carbonyl (C=O) groups is 1. The molecule has 0 spiro atoms. The monoisotopic (exact) mass is 376 g/mol. The smallest absolute Gasteiger partial charge is 0.410 e. The van der Waals surface area contributed by atoms with E-state index in [2.05, 4.69) is 15.9 Å². The van der Waals surface area contributed by atoms with Crippen LogP contribution in [0.5, 0.6) is 0 Å². The average Bonchev–Trinajstić information content (AvgIpc) is 2.70. The molecule has 1 heterocycles. The zero-order valence-electron chi connectivity index (χ0n) is 12.5. The van der Waals surface area contributed by atoms with Gasteiger partial charge < -0.3 is 10.5 Å². The van der Waals surface area contributed by atoms with Crippen LogP contribution in [-0.4, -0.2) is 29.2 Å². The Bertz CT molecular complexity index is 487. The molecule has 1 saturated heterocycles. The lowest BCUT2D eigenvalue weighted by Gasteiger charge is -2.28. The first-order valence-corrected chi connectivity index (χ1v) is 7.56. The number of amides is 1. The molecule has 1 aromatic carbocycles. The molecule has 2 unspecified atom stereocenters. The Labute approximate surface area is 140 Å². The van der Waals surface area contributed by atoms with Crippen molar-refractivity contribution in [2.24, 2.45) is 5.73 Å². The summed E-state index contributed by atoms with van der Waals surface area (Å²) >= 11 is 3.42. The van der Waals surface area contributed by atoms with E-state index in [1.807, 2.05) is 45.0 Å². The Morgan fingerprint density at radius 2 is 1.90 bits per heavy atom. The van der Waals surface area contributed by atoms with Gasteiger partial charge in [-0.1, -0.05) is 28.1 Å². The highest BCUT2D eigenvalue weighted by Gasteiger charge is 2.36. The third-order valence-corrected chi connectivity index (χ3v) is 3.74. The fraction of sp³-hybridized carbons (Fsp3) is 0.533. The van der Waals surface area contributed by atoms with Crippen molar-refractivity contribution < 1.29 is 9.53 Å². The van der Waals surface area contributed by atoms with E-state index in [0.29, 0.717) is 6.54 Å². The summed E-state index contributed by atoms with van der Waals surface area (Å²) in [5.41, 5.74) is 6.62. The molecule has 0 aromatic heterocycles. The number of nitrogens with two attached hydrogens (primary N) is 1. The summed E-state index contributed by atoms with van der Waals surface area (Å²) in [4.78, 5) is 14.0. The van der Waals surface area contributed by atoms with Gasteiger partial charge >= 0.3 is 6.09 Å². The summed E-state index contributed by atoms with van der Waals surface area (Å²) in [7, 11) is 0. The van der Waals surface area contributed by atoms with E-state index < -0.39 is 5.60 Å². The van der Waals surface area contributed by atoms with E-state index in [4.69, 9.17) is 10.5 Å². The van der Waals surface area contributed by atoms with E-state index in [1.165, 1.54) is 0 Å². The molecule has 1 aliphatic rings. The third-order valence-electron chi connectivity index (χ3n) is 3.22. The summed E-state index contributed by atoms with van der Waals surface area (Å²) in [5.74, 6) is 0. The first kappa shape index (κ1) is 18.3. The highest BCUT2D eigenvalue weighted by molar-refractivity contribution is 9.10. The van der Waals surface area contributed by atoms with Crippen molar-refractivity contribution in [2.45, 2.75) is 44.9 Å². The van der Waals surface area contributed by atoms with Gasteiger partial charge in [0.2, 0.25) is 0 Å². The lowest BCUT2D eigenvalue weighted by molar-refractivity contribution is 0.0223. The second-order valence-electron chi connectivity index (χ2n) is 6.20. The molecule has 0 saturated carbocycles. The number of hydrogen-bond donors (Lipinski definition) is 1. The minimum Gasteiger partial charge on any atom is -0.444 e. The minimum atomic E-state index is -0.492. The van der Waals surface area contributed by atoms with Crippen LogP contribution in [0.4, 0.5) is 4.79 Å². The van der Waals surface area contributed by atoms with Crippen molar-refractivity contribution in [1.82, 2.24) is 4.90 Å². The van der Waals surface area contributed by atoms with Gasteiger partial charge in [-0.05, 0) is 44.9 Å². The van der Waals surface area contributed by atoms with Crippen LogP contribution in [0.15, 0.2) is 28.7 Å². The first-order valence-electron chi connectivity index (χ1n) is 6.77. The van der Waals surface area contributed by atoms with Gasteiger partial charge in [0.05, 0.1) is 6.04 Å². The number of nitrogens with zero attached hydrogens (tertiary/aromatic N) is 1. The van der Waals surface area contributed by atoms with E-state index in [0.717, 1.165) is 16.5 Å². The molecule has 2 atom stereocenters. The maximum absolute atomic E-state index is 12.3. The number of rotatable bonds is 1. The number of benzene rings is 1. The van der Waals surface area contributed by atoms with Crippen LogP contribution in [0, 0.1) is 0 Å². The lowest BCUT2D eigenvalue weighted by Crippen LogP contribution is -2.38. The van der Waals surface area contributed by atoms with Crippen LogP contribution < -0.4 is 5.73 Å². The Kier molecular flexibility index (Phi) is 6.08. The number of likely N-dealkylation sites (tertiary alicyclic amines) is 1. The van der Waals surface area contributed by atoms with Gasteiger partial charge in [-0.15, -0.1) is 12.4 Å². The Hall–Kier alpha value is -0.780. The van der Waals surface area contributed by atoms with Crippen LogP contribution in [-0.2, 0) is 4.74 Å². The number of ether oxygens (including phenoxy) is 1. The maximum atomic E-state index is 12.3. The van der Waals surface area contributed by atoms with E-state index >= 15 is 0 Å². The van der Waals surface area contributed by atoms with Crippen LogP contribution in [0.1, 0.15) is 38.8 Å². The van der Waals surface area contributed by atoms with Gasteiger partial charge in [0.25, 0.3) is 0 Å². The average molecular weight is 378 g/mol. The predicted molar refractivity (Wildman–Crippen MR) is 89.7 cm³/mol. The molecular formula is C15H22BrClN2O2. The van der Waals surface area contributed by atoms with Crippen LogP contribution in [0.3, 0.4) is 0 Å². The molecule has 2 rings (SSSR count). The SMILES string of the molecule is CC(C)(C)OC(=O)N1CC(N)CC1c1ccc(Br)cc1.Cl. The topological polar surface area (TPSA) is 55.6 Å². The van der Waals surface area contributed by atoms with Gasteiger partial charge in [-0.2, -0.15) is 0 Å². The van der Waals surface area contributed by atoms with Crippen LogP contribution in [0.2, 0.25) is 0 Å². The largest absolute Gasteiger partial charge is 0.444 e. The molecule has 1 aliphatic heterocycles. The third kappa shape index (κ3) is 4.87. The quantitative estimate of drug-likeness (QED) is 0.808. The fourth-order valence-corrected chi connectivity index (χ4v) is 2.66. The van der Waals surface area contributed by atoms with Crippen molar-refractivity contribution in [3.63, 3.8) is 0 Å². The summed E-state index contributed by atoms with van der Waals surface area (Å²) < 4.78 is 6.49. The van der Waals surface area contributed by atoms with Crippen molar-refractivity contribution in [3.8, 4) is 0 Å². The molecule has 1 fully saturated rings. The Balaban J connectivity index is 0.00000220. The number of halogens is 2. The molecule has 2 N–H and O–H groups in total. The Morgan fingerprint density at radius 3 is 2.43 bits per heavy atom. The maximum Gasteiger partial charge on any atom is 0.410 e. The number of carbonyl (C=O) groups excluding carboxylic acids is 1. The summed E-state index contributed by atoms with van der Waals surface area (Å²) in [6.07, 6.45) is 0.472. The van der Waals surface area contributed by atoms with Crippen LogP contribution in [0.25, 0.3) is 0 Å². The molecule has 1 amide bonds. The van der Waals surface area contributed by atoms with Crippen molar-refractivity contribution >= 4 is 34.4 Å². The normalized spacial score (nSPS) is 21.9. The highest BCUT2D eigenvalue weighted by atomic mass is 79.9. The second kappa shape index (κ2) is 6.99. The molecule has 1 aromatic rings. The highest BCUT2D eigenvalue weighted by Crippen LogP contribution is 2.33. The van der Waals surface area contributed by atoms with Crippen molar-refractivity contribution in [2.75, 3.05) is 6.54 Å². The molecular weight excluding hydrogens is 356 g/mol. The molecule has 6 heteroatoms. The van der Waals surface area contributed by atoms with Crippen molar-refractivity contribution in [1.29, 1.82) is 0 Å². The van der Waals surface area contributed by atoms with E-state index in [1.54, 1.807) is 4.90 Å². The fourth-order valence-electron chi connectivity index (χ4n) is 2.39. The Morgan fingerprint density at radius 1 is 1.33 bits per heavy atom. The summed E-state index contributed by atoms with van der Waals surface area (Å²) in [5, 5.41) is 0. The second-order valence-corrected chi connectivity index (χ2v) is 7.11. The molecule has 118 valence electrons. The minimum absolute atomic E-state index is 0. The zero-order valence-corrected chi connectivity index (χ0v) is 14.9. The van der Waals surface area contributed by atoms with E-state index in [9.17, 15) is 4.79 Å². The summed E-state index contributed by atoms with van der Waals surface area (Å²) in [6, 6.07) is 7.98. The predicted octanol–water partition coefficient (Wildman–Crippen LogP) is 3.88. The zero-order chi connectivity index (χ0) is 14.9. The molecule has 4 nitrogen and oxygen atoms in total. The first-order chi connectivity index (χ1) is 9.26. The summed E-state index contributed by atoms with van der Waals surface area (Å²) in [6.45, 7) is 6.15. The van der Waals surface area contributed by atoms with Gasteiger partial charge in [0.1, 0.15) is 5.60 Å². The van der Waals surface area contributed by atoms with Gasteiger partial charge in [0, 0.05) is 17.1 Å². The molecule has 0 aliphatic carbocycles. The van der Waals surface area contributed by atoms with Gasteiger partial charge in [-0.3, -0.25) is 4.90 Å². The lowest BCUT2D eigenvalue weighted by atomic mass is 10.0.